The Morgan fingerprint density at radius 1 is 1.10 bits per heavy atom. The molecule has 2 heterocycles. The molecule has 7 nitrogen and oxygen atoms in total. The second kappa shape index (κ2) is 9.73. The lowest BCUT2D eigenvalue weighted by atomic mass is 10.2. The van der Waals surface area contributed by atoms with Crippen LogP contribution < -0.4 is 14.8 Å². The van der Waals surface area contributed by atoms with Gasteiger partial charge in [0.2, 0.25) is 0 Å². The fourth-order valence-corrected chi connectivity index (χ4v) is 3.23. The summed E-state index contributed by atoms with van der Waals surface area (Å²) in [5.41, 5.74) is 0.749. The Balaban J connectivity index is 0.00000240. The number of ether oxygens (including phenoxy) is 2. The van der Waals surface area contributed by atoms with E-state index in [1.165, 1.54) is 0 Å². The number of hydrogen-bond donors (Lipinski definition) is 1. The highest BCUT2D eigenvalue weighted by atomic mass is 35.5. The largest absolute Gasteiger partial charge is 0.490 e. The quantitative estimate of drug-likeness (QED) is 0.652. The molecule has 3 aromatic rings. The minimum Gasteiger partial charge on any atom is -0.490 e. The van der Waals surface area contributed by atoms with Gasteiger partial charge in [0, 0.05) is 19.6 Å². The summed E-state index contributed by atoms with van der Waals surface area (Å²) in [6, 6.07) is 15.3. The van der Waals surface area contributed by atoms with Gasteiger partial charge >= 0.3 is 0 Å². The highest BCUT2D eigenvalue weighted by Crippen LogP contribution is 2.36. The van der Waals surface area contributed by atoms with Crippen molar-refractivity contribution < 1.29 is 14.0 Å². The molecule has 4 rings (SSSR count). The van der Waals surface area contributed by atoms with Crippen molar-refractivity contribution in [3.63, 3.8) is 0 Å². The summed E-state index contributed by atoms with van der Waals surface area (Å²) in [4.78, 5) is 6.87. The predicted octanol–water partition coefficient (Wildman–Crippen LogP) is 3.93. The third-order valence-electron chi connectivity index (χ3n) is 4.74. The van der Waals surface area contributed by atoms with Crippen molar-refractivity contribution in [1.82, 2.24) is 20.4 Å². The number of benzene rings is 2. The van der Waals surface area contributed by atoms with E-state index >= 15 is 0 Å². The summed E-state index contributed by atoms with van der Waals surface area (Å²) in [5, 5.41) is 7.59. The molecule has 0 amide bonds. The lowest BCUT2D eigenvalue weighted by Crippen LogP contribution is -2.44. The number of rotatable bonds is 6. The van der Waals surface area contributed by atoms with Crippen LogP contribution in [-0.4, -0.2) is 48.3 Å². The molecule has 1 fully saturated rings. The van der Waals surface area contributed by atoms with E-state index in [2.05, 4.69) is 27.4 Å². The lowest BCUT2D eigenvalue weighted by molar-refractivity contribution is 0.190. The summed E-state index contributed by atoms with van der Waals surface area (Å²) < 4.78 is 17.4. The summed E-state index contributed by atoms with van der Waals surface area (Å²) in [7, 11) is 2.07. The zero-order valence-electron chi connectivity index (χ0n) is 16.5. The molecule has 1 saturated heterocycles. The molecule has 0 radical (unpaired) electrons. The number of halogens is 1. The summed E-state index contributed by atoms with van der Waals surface area (Å²) in [6.07, 6.45) is 0. The smallest absolute Gasteiger partial charge is 0.261 e. The van der Waals surface area contributed by atoms with E-state index < -0.39 is 0 Å². The Morgan fingerprint density at radius 2 is 1.83 bits per heavy atom. The van der Waals surface area contributed by atoms with Crippen molar-refractivity contribution in [3.05, 3.63) is 54.4 Å². The van der Waals surface area contributed by atoms with E-state index in [0.717, 1.165) is 25.2 Å². The van der Waals surface area contributed by atoms with Crippen LogP contribution in [0.1, 0.15) is 18.8 Å². The van der Waals surface area contributed by atoms with Crippen molar-refractivity contribution in [2.75, 3.05) is 33.3 Å². The van der Waals surface area contributed by atoms with Crippen molar-refractivity contribution in [1.29, 1.82) is 0 Å². The molecule has 29 heavy (non-hydrogen) atoms. The molecule has 1 aliphatic rings. The molecular weight excluding hydrogens is 392 g/mol. The van der Waals surface area contributed by atoms with Gasteiger partial charge in [-0.25, -0.2) is 0 Å². The number of piperazine rings is 1. The third kappa shape index (κ3) is 4.70. The number of nitrogens with zero attached hydrogens (tertiary/aromatic N) is 3. The van der Waals surface area contributed by atoms with E-state index in [-0.39, 0.29) is 18.4 Å². The minimum absolute atomic E-state index is 0. The topological polar surface area (TPSA) is 72.7 Å². The van der Waals surface area contributed by atoms with E-state index in [1.807, 2.05) is 55.5 Å². The van der Waals surface area contributed by atoms with Crippen LogP contribution in [0, 0.1) is 0 Å². The SMILES string of the molecule is CCOc1ccccc1Oc1ccccc1-c1nc(C2CNCCN2C)no1.Cl. The Labute approximate surface area is 176 Å². The number of para-hydroxylation sites is 3. The lowest BCUT2D eigenvalue weighted by Gasteiger charge is -2.30. The number of hydrogen-bond acceptors (Lipinski definition) is 7. The summed E-state index contributed by atoms with van der Waals surface area (Å²) in [5.74, 6) is 3.10. The van der Waals surface area contributed by atoms with Crippen LogP contribution >= 0.6 is 12.4 Å². The Morgan fingerprint density at radius 3 is 2.59 bits per heavy atom. The first-order valence-electron chi connectivity index (χ1n) is 9.50. The number of likely N-dealkylation sites (N-methyl/N-ethyl adjacent to an activating group) is 1. The minimum atomic E-state index is 0. The summed E-state index contributed by atoms with van der Waals surface area (Å²) in [6.45, 7) is 5.23. The maximum Gasteiger partial charge on any atom is 0.261 e. The molecule has 0 saturated carbocycles. The van der Waals surface area contributed by atoms with Crippen molar-refractivity contribution in [2.45, 2.75) is 13.0 Å². The first-order chi connectivity index (χ1) is 13.8. The molecule has 1 aliphatic heterocycles. The van der Waals surface area contributed by atoms with E-state index in [0.29, 0.717) is 35.6 Å². The van der Waals surface area contributed by atoms with Gasteiger partial charge in [-0.3, -0.25) is 4.90 Å². The van der Waals surface area contributed by atoms with Gasteiger partial charge in [-0.2, -0.15) is 4.98 Å². The molecule has 0 spiro atoms. The maximum atomic E-state index is 6.15. The van der Waals surface area contributed by atoms with E-state index in [4.69, 9.17) is 14.0 Å². The van der Waals surface area contributed by atoms with Gasteiger partial charge in [0.05, 0.1) is 18.2 Å². The molecule has 1 aromatic heterocycles. The average molecular weight is 417 g/mol. The molecule has 1 unspecified atom stereocenters. The molecule has 0 bridgehead atoms. The number of nitrogens with one attached hydrogen (secondary N) is 1. The zero-order valence-corrected chi connectivity index (χ0v) is 17.3. The highest BCUT2D eigenvalue weighted by molar-refractivity contribution is 5.85. The van der Waals surface area contributed by atoms with Crippen LogP contribution in [0.2, 0.25) is 0 Å². The molecule has 2 aromatic carbocycles. The molecule has 1 atom stereocenters. The van der Waals surface area contributed by atoms with Crippen molar-refractivity contribution in [2.24, 2.45) is 0 Å². The normalized spacial score (nSPS) is 16.8. The number of aromatic nitrogens is 2. The van der Waals surface area contributed by atoms with Crippen molar-refractivity contribution in [3.8, 4) is 28.7 Å². The molecule has 154 valence electrons. The van der Waals surface area contributed by atoms with Crippen LogP contribution in [-0.2, 0) is 0 Å². The summed E-state index contributed by atoms with van der Waals surface area (Å²) >= 11 is 0. The van der Waals surface area contributed by atoms with E-state index in [9.17, 15) is 0 Å². The van der Waals surface area contributed by atoms with Crippen LogP contribution in [0.3, 0.4) is 0 Å². The van der Waals surface area contributed by atoms with Gasteiger partial charge in [0.15, 0.2) is 17.3 Å². The fraction of sp³-hybridized carbons (Fsp3) is 0.333. The Kier molecular flexibility index (Phi) is 7.09. The standard InChI is InChI=1S/C21H24N4O3.ClH/c1-3-26-18-10-6-7-11-19(18)27-17-9-5-4-8-15(17)21-23-20(24-28-21)16-14-22-12-13-25(16)2;/h4-11,16,22H,3,12-14H2,1-2H3;1H. The Hall–Kier alpha value is -2.61. The fourth-order valence-electron chi connectivity index (χ4n) is 3.23. The van der Waals surface area contributed by atoms with Crippen LogP contribution in [0.5, 0.6) is 17.2 Å². The molecule has 8 heteroatoms. The monoisotopic (exact) mass is 416 g/mol. The van der Waals surface area contributed by atoms with Gasteiger partial charge in [-0.15, -0.1) is 12.4 Å². The predicted molar refractivity (Wildman–Crippen MR) is 113 cm³/mol. The molecular formula is C21H25ClN4O3. The first kappa shape index (κ1) is 21.1. The zero-order chi connectivity index (χ0) is 19.3. The average Bonchev–Trinajstić information content (AvgIpc) is 3.20. The second-order valence-corrected chi connectivity index (χ2v) is 6.64. The highest BCUT2D eigenvalue weighted by Gasteiger charge is 2.26. The maximum absolute atomic E-state index is 6.15. The van der Waals surface area contributed by atoms with Gasteiger partial charge in [0.1, 0.15) is 5.75 Å². The van der Waals surface area contributed by atoms with Gasteiger partial charge in [-0.05, 0) is 38.2 Å². The van der Waals surface area contributed by atoms with Gasteiger partial charge in [0.25, 0.3) is 5.89 Å². The van der Waals surface area contributed by atoms with Gasteiger partial charge in [-0.1, -0.05) is 29.4 Å². The van der Waals surface area contributed by atoms with Gasteiger partial charge < -0.3 is 19.3 Å². The molecule has 0 aliphatic carbocycles. The van der Waals surface area contributed by atoms with Crippen molar-refractivity contribution >= 4 is 12.4 Å². The van der Waals surface area contributed by atoms with Crippen LogP contribution in [0.15, 0.2) is 53.1 Å². The Bertz CT molecular complexity index is 934. The van der Waals surface area contributed by atoms with Crippen LogP contribution in [0.25, 0.3) is 11.5 Å². The third-order valence-corrected chi connectivity index (χ3v) is 4.74. The second-order valence-electron chi connectivity index (χ2n) is 6.64. The van der Waals surface area contributed by atoms with Crippen LogP contribution in [0.4, 0.5) is 0 Å². The first-order valence-corrected chi connectivity index (χ1v) is 9.50. The van der Waals surface area contributed by atoms with E-state index in [1.54, 1.807) is 0 Å². The molecule has 1 N–H and O–H groups in total.